The van der Waals surface area contributed by atoms with Gasteiger partial charge in [-0.1, -0.05) is 6.92 Å². The Morgan fingerprint density at radius 2 is 2.64 bits per heavy atom. The minimum absolute atomic E-state index is 0.453. The van der Waals surface area contributed by atoms with Crippen LogP contribution in [0.3, 0.4) is 0 Å². The van der Waals surface area contributed by atoms with Crippen LogP contribution in [0.2, 0.25) is 0 Å². The molecule has 1 atom stereocenters. The van der Waals surface area contributed by atoms with Gasteiger partial charge >= 0.3 is 0 Å². The van der Waals surface area contributed by atoms with Gasteiger partial charge in [0.15, 0.2) is 0 Å². The maximum Gasteiger partial charge on any atom is 0.123 e. The molecular weight excluding hydrogens is 138 g/mol. The van der Waals surface area contributed by atoms with Crippen molar-refractivity contribution in [2.24, 2.45) is 0 Å². The van der Waals surface area contributed by atoms with E-state index in [2.05, 4.69) is 18.3 Å². The predicted octanol–water partition coefficient (Wildman–Crippen LogP) is 1.88. The fraction of sp³-hybridized carbons (Fsp3) is 0.556. The number of nitrogens with one attached hydrogen (secondary N) is 1. The van der Waals surface area contributed by atoms with Gasteiger partial charge in [0.1, 0.15) is 5.76 Å². The summed E-state index contributed by atoms with van der Waals surface area (Å²) in [5, 5.41) is 3.42. The summed E-state index contributed by atoms with van der Waals surface area (Å²) in [4.78, 5) is 0. The van der Waals surface area contributed by atoms with Crippen LogP contribution in [0.5, 0.6) is 0 Å². The van der Waals surface area contributed by atoms with Crippen LogP contribution >= 0.6 is 0 Å². The van der Waals surface area contributed by atoms with Crippen LogP contribution in [0.1, 0.15) is 30.7 Å². The number of furan rings is 1. The molecule has 1 aliphatic rings. The van der Waals surface area contributed by atoms with Crippen LogP contribution in [0.25, 0.3) is 0 Å². The molecule has 0 radical (unpaired) electrons. The van der Waals surface area contributed by atoms with E-state index in [1.807, 2.05) is 0 Å². The molecule has 0 spiro atoms. The van der Waals surface area contributed by atoms with E-state index in [-0.39, 0.29) is 0 Å². The van der Waals surface area contributed by atoms with Gasteiger partial charge in [0, 0.05) is 0 Å². The quantitative estimate of drug-likeness (QED) is 0.663. The zero-order valence-electron chi connectivity index (χ0n) is 6.76. The minimum Gasteiger partial charge on any atom is -0.467 e. The maximum atomic E-state index is 5.40. The Morgan fingerprint density at radius 3 is 3.45 bits per heavy atom. The zero-order valence-corrected chi connectivity index (χ0v) is 6.76. The van der Waals surface area contributed by atoms with Crippen LogP contribution < -0.4 is 5.32 Å². The lowest BCUT2D eigenvalue weighted by Crippen LogP contribution is -2.28. The SMILES string of the molecule is CCC1NCCc2ccoc21. The van der Waals surface area contributed by atoms with Crippen molar-refractivity contribution in [3.8, 4) is 0 Å². The monoisotopic (exact) mass is 151 g/mol. The summed E-state index contributed by atoms with van der Waals surface area (Å²) in [6, 6.07) is 2.53. The molecule has 0 saturated heterocycles. The first-order valence-electron chi connectivity index (χ1n) is 4.21. The van der Waals surface area contributed by atoms with E-state index in [0.717, 1.165) is 25.1 Å². The molecule has 2 rings (SSSR count). The molecule has 1 N–H and O–H groups in total. The lowest BCUT2D eigenvalue weighted by molar-refractivity contribution is 0.384. The molecule has 0 fully saturated rings. The summed E-state index contributed by atoms with van der Waals surface area (Å²) in [5.41, 5.74) is 1.38. The summed E-state index contributed by atoms with van der Waals surface area (Å²) in [6.45, 7) is 3.26. The molecule has 2 heterocycles. The summed E-state index contributed by atoms with van der Waals surface area (Å²) in [7, 11) is 0. The number of hydrogen-bond acceptors (Lipinski definition) is 2. The van der Waals surface area contributed by atoms with Crippen molar-refractivity contribution < 1.29 is 4.42 Å². The Hall–Kier alpha value is -0.760. The number of hydrogen-bond donors (Lipinski definition) is 1. The molecule has 1 unspecified atom stereocenters. The second kappa shape index (κ2) is 2.70. The second-order valence-corrected chi connectivity index (χ2v) is 2.98. The maximum absolute atomic E-state index is 5.40. The molecule has 0 bridgehead atoms. The molecule has 1 aromatic rings. The molecule has 60 valence electrons. The van der Waals surface area contributed by atoms with Crippen molar-refractivity contribution in [2.75, 3.05) is 6.54 Å². The van der Waals surface area contributed by atoms with Crippen LogP contribution in [0.4, 0.5) is 0 Å². The van der Waals surface area contributed by atoms with E-state index in [0.29, 0.717) is 6.04 Å². The van der Waals surface area contributed by atoms with Gasteiger partial charge in [-0.3, -0.25) is 0 Å². The van der Waals surface area contributed by atoms with Gasteiger partial charge in [-0.25, -0.2) is 0 Å². The van der Waals surface area contributed by atoms with E-state index >= 15 is 0 Å². The third-order valence-electron chi connectivity index (χ3n) is 2.29. The van der Waals surface area contributed by atoms with Gasteiger partial charge in [-0.2, -0.15) is 0 Å². The average molecular weight is 151 g/mol. The molecule has 2 nitrogen and oxygen atoms in total. The molecule has 0 amide bonds. The van der Waals surface area contributed by atoms with Gasteiger partial charge in [-0.05, 0) is 31.0 Å². The Balaban J connectivity index is 2.32. The highest BCUT2D eigenvalue weighted by atomic mass is 16.3. The highest BCUT2D eigenvalue weighted by Gasteiger charge is 2.20. The molecule has 0 aliphatic carbocycles. The Labute approximate surface area is 66.6 Å². The van der Waals surface area contributed by atoms with E-state index in [4.69, 9.17) is 4.42 Å². The lowest BCUT2D eigenvalue weighted by atomic mass is 10.0. The van der Waals surface area contributed by atoms with Crippen LogP contribution in [0.15, 0.2) is 16.7 Å². The van der Waals surface area contributed by atoms with Crippen LogP contribution in [-0.4, -0.2) is 6.54 Å². The molecule has 1 aromatic heterocycles. The van der Waals surface area contributed by atoms with E-state index in [1.54, 1.807) is 6.26 Å². The second-order valence-electron chi connectivity index (χ2n) is 2.98. The summed E-state index contributed by atoms with van der Waals surface area (Å²) in [5.74, 6) is 1.15. The topological polar surface area (TPSA) is 25.2 Å². The molecular formula is C9H13NO. The summed E-state index contributed by atoms with van der Waals surface area (Å²) >= 11 is 0. The summed E-state index contributed by atoms with van der Waals surface area (Å²) < 4.78 is 5.40. The molecule has 2 heteroatoms. The first kappa shape index (κ1) is 6.92. The van der Waals surface area contributed by atoms with Crippen molar-refractivity contribution in [3.05, 3.63) is 23.7 Å². The van der Waals surface area contributed by atoms with Crippen molar-refractivity contribution in [3.63, 3.8) is 0 Å². The standard InChI is InChI=1S/C9H13NO/c1-2-8-9-7(3-5-10-8)4-6-11-9/h4,6,8,10H,2-3,5H2,1H3. The largest absolute Gasteiger partial charge is 0.467 e. The fourth-order valence-electron chi connectivity index (χ4n) is 1.66. The lowest BCUT2D eigenvalue weighted by Gasteiger charge is -2.20. The smallest absolute Gasteiger partial charge is 0.123 e. The molecule has 1 aliphatic heterocycles. The third kappa shape index (κ3) is 1.07. The van der Waals surface area contributed by atoms with Crippen molar-refractivity contribution in [2.45, 2.75) is 25.8 Å². The minimum atomic E-state index is 0.453. The van der Waals surface area contributed by atoms with E-state index < -0.39 is 0 Å². The Morgan fingerprint density at radius 1 is 1.73 bits per heavy atom. The fourth-order valence-corrected chi connectivity index (χ4v) is 1.66. The molecule has 11 heavy (non-hydrogen) atoms. The van der Waals surface area contributed by atoms with Gasteiger partial charge in [0.2, 0.25) is 0 Å². The normalized spacial score (nSPS) is 23.2. The zero-order chi connectivity index (χ0) is 7.68. The van der Waals surface area contributed by atoms with Crippen LogP contribution in [-0.2, 0) is 6.42 Å². The van der Waals surface area contributed by atoms with Crippen molar-refractivity contribution in [1.29, 1.82) is 0 Å². The third-order valence-corrected chi connectivity index (χ3v) is 2.29. The first-order valence-corrected chi connectivity index (χ1v) is 4.21. The number of fused-ring (bicyclic) bond motifs is 1. The highest BCUT2D eigenvalue weighted by molar-refractivity contribution is 5.23. The highest BCUT2D eigenvalue weighted by Crippen LogP contribution is 2.25. The van der Waals surface area contributed by atoms with Crippen molar-refractivity contribution >= 4 is 0 Å². The van der Waals surface area contributed by atoms with Gasteiger partial charge in [0.25, 0.3) is 0 Å². The Bertz CT molecular complexity index is 241. The van der Waals surface area contributed by atoms with Gasteiger partial charge in [-0.15, -0.1) is 0 Å². The van der Waals surface area contributed by atoms with E-state index in [1.165, 1.54) is 5.56 Å². The number of rotatable bonds is 1. The Kier molecular flexibility index (Phi) is 1.70. The van der Waals surface area contributed by atoms with E-state index in [9.17, 15) is 0 Å². The average Bonchev–Trinajstić information content (AvgIpc) is 2.50. The van der Waals surface area contributed by atoms with Crippen molar-refractivity contribution in [1.82, 2.24) is 5.32 Å². The molecule has 0 aromatic carbocycles. The predicted molar refractivity (Wildman–Crippen MR) is 43.4 cm³/mol. The van der Waals surface area contributed by atoms with Crippen LogP contribution in [0, 0.1) is 0 Å². The summed E-state index contributed by atoms with van der Waals surface area (Å²) in [6.07, 6.45) is 4.02. The first-order chi connectivity index (χ1) is 5.42. The molecule has 0 saturated carbocycles. The van der Waals surface area contributed by atoms with Gasteiger partial charge in [0.05, 0.1) is 12.3 Å². The van der Waals surface area contributed by atoms with Gasteiger partial charge < -0.3 is 9.73 Å².